The van der Waals surface area contributed by atoms with Gasteiger partial charge in [-0.1, -0.05) is 11.6 Å². The Morgan fingerprint density at radius 3 is 2.81 bits per heavy atom. The molecule has 0 spiro atoms. The number of alkyl halides is 1. The average molecular weight is 310 g/mol. The quantitative estimate of drug-likeness (QED) is 0.816. The first-order chi connectivity index (χ1) is 10.0. The van der Waals surface area contributed by atoms with E-state index in [1.165, 1.54) is 4.68 Å². The van der Waals surface area contributed by atoms with Crippen LogP contribution >= 0.6 is 11.6 Å². The van der Waals surface area contributed by atoms with Gasteiger partial charge in [0.15, 0.2) is 12.0 Å². The predicted octanol–water partition coefficient (Wildman–Crippen LogP) is 2.26. The van der Waals surface area contributed by atoms with Gasteiger partial charge in [-0.05, 0) is 12.8 Å². The highest BCUT2D eigenvalue weighted by Gasteiger charge is 2.40. The first-order valence-corrected chi connectivity index (χ1v) is 7.26. The number of nitrogens with zero attached hydrogens (tertiary/aromatic N) is 5. The van der Waals surface area contributed by atoms with E-state index in [9.17, 15) is 9.18 Å². The molecule has 4 rings (SSSR count). The first kappa shape index (κ1) is 12.9. The third-order valence-electron chi connectivity index (χ3n) is 3.96. The van der Waals surface area contributed by atoms with Crippen LogP contribution in [0.3, 0.4) is 0 Å². The predicted molar refractivity (Wildman–Crippen MR) is 71.9 cm³/mol. The van der Waals surface area contributed by atoms with Gasteiger partial charge in [0.25, 0.3) is 0 Å². The van der Waals surface area contributed by atoms with E-state index in [0.29, 0.717) is 10.7 Å². The topological polar surface area (TPSA) is 65.6 Å². The fourth-order valence-corrected chi connectivity index (χ4v) is 3.05. The maximum atomic E-state index is 14.2. The Morgan fingerprint density at radius 1 is 1.43 bits per heavy atom. The van der Waals surface area contributed by atoms with Gasteiger partial charge in [-0.15, -0.1) is 5.10 Å². The average Bonchev–Trinajstić information content (AvgIpc) is 3.00. The summed E-state index contributed by atoms with van der Waals surface area (Å²) >= 11 is 6.13. The summed E-state index contributed by atoms with van der Waals surface area (Å²) in [5, 5.41) is 8.96. The number of aryl methyl sites for hydroxylation is 1. The molecule has 6 nitrogen and oxygen atoms in total. The summed E-state index contributed by atoms with van der Waals surface area (Å²) in [4.78, 5) is 16.1. The van der Waals surface area contributed by atoms with Gasteiger partial charge in [-0.3, -0.25) is 9.48 Å². The van der Waals surface area contributed by atoms with Crippen LogP contribution in [0.25, 0.3) is 0 Å². The molecular formula is C13H13ClFN5O. The molecule has 1 aliphatic carbocycles. The van der Waals surface area contributed by atoms with Crippen molar-refractivity contribution in [2.75, 3.05) is 0 Å². The summed E-state index contributed by atoms with van der Waals surface area (Å²) in [6, 6.07) is -0.406. The molecule has 0 bridgehead atoms. The van der Waals surface area contributed by atoms with E-state index in [1.54, 1.807) is 17.9 Å². The minimum Gasteiger partial charge on any atom is -0.290 e. The van der Waals surface area contributed by atoms with Gasteiger partial charge in [0.2, 0.25) is 11.6 Å². The highest BCUT2D eigenvalue weighted by molar-refractivity contribution is 6.31. The molecule has 0 saturated heterocycles. The van der Waals surface area contributed by atoms with Crippen molar-refractivity contribution >= 4 is 17.4 Å². The minimum absolute atomic E-state index is 0.0167. The molecule has 2 atom stereocenters. The lowest BCUT2D eigenvalue weighted by Gasteiger charge is -2.08. The van der Waals surface area contributed by atoms with Crippen molar-refractivity contribution < 1.29 is 9.18 Å². The number of halogens is 2. The number of rotatable bonds is 3. The molecule has 3 heterocycles. The highest BCUT2D eigenvalue weighted by Crippen LogP contribution is 2.41. The zero-order valence-electron chi connectivity index (χ0n) is 11.3. The largest absolute Gasteiger partial charge is 0.290 e. The Balaban J connectivity index is 1.74. The van der Waals surface area contributed by atoms with Gasteiger partial charge in [0, 0.05) is 25.6 Å². The van der Waals surface area contributed by atoms with Crippen molar-refractivity contribution in [2.24, 2.45) is 13.0 Å². The van der Waals surface area contributed by atoms with E-state index < -0.39 is 12.2 Å². The van der Waals surface area contributed by atoms with Crippen LogP contribution in [0.5, 0.6) is 0 Å². The number of ketones is 1. The number of Topliss-reactive ketones (excluding diaryl/α,β-unsaturated/α-hetero) is 1. The number of aromatic nitrogens is 5. The summed E-state index contributed by atoms with van der Waals surface area (Å²) < 4.78 is 17.2. The summed E-state index contributed by atoms with van der Waals surface area (Å²) in [6.45, 7) is 0. The second-order valence-corrected chi connectivity index (χ2v) is 6.04. The molecule has 0 amide bonds. The van der Waals surface area contributed by atoms with Gasteiger partial charge in [-0.2, -0.15) is 5.10 Å². The van der Waals surface area contributed by atoms with Gasteiger partial charge in [0.1, 0.15) is 11.7 Å². The SMILES string of the molecule is Cn1cc(Cl)c([C@@H]2C[C@@H](F)c3nc(C(=O)C4CC4)nn32)n1. The smallest absolute Gasteiger partial charge is 0.217 e. The fraction of sp³-hybridized carbons (Fsp3) is 0.538. The second kappa shape index (κ2) is 4.37. The van der Waals surface area contributed by atoms with Crippen LogP contribution in [0.4, 0.5) is 4.39 Å². The van der Waals surface area contributed by atoms with Gasteiger partial charge in [0.05, 0.1) is 5.02 Å². The van der Waals surface area contributed by atoms with Crippen molar-refractivity contribution in [3.63, 3.8) is 0 Å². The Morgan fingerprint density at radius 2 is 2.19 bits per heavy atom. The minimum atomic E-state index is -1.25. The number of carbonyl (C=O) groups is 1. The second-order valence-electron chi connectivity index (χ2n) is 5.63. The molecule has 2 aromatic rings. The van der Waals surface area contributed by atoms with Gasteiger partial charge >= 0.3 is 0 Å². The van der Waals surface area contributed by atoms with Crippen molar-refractivity contribution in [1.29, 1.82) is 0 Å². The fourth-order valence-electron chi connectivity index (χ4n) is 2.74. The molecule has 0 unspecified atom stereocenters. The lowest BCUT2D eigenvalue weighted by atomic mass is 10.1. The lowest BCUT2D eigenvalue weighted by molar-refractivity contribution is 0.0956. The molecule has 0 radical (unpaired) electrons. The van der Waals surface area contributed by atoms with Crippen molar-refractivity contribution in [1.82, 2.24) is 24.5 Å². The van der Waals surface area contributed by atoms with E-state index in [0.717, 1.165) is 12.8 Å². The molecule has 2 aliphatic rings. The van der Waals surface area contributed by atoms with Crippen LogP contribution in [0.2, 0.25) is 5.02 Å². The first-order valence-electron chi connectivity index (χ1n) is 6.88. The van der Waals surface area contributed by atoms with Gasteiger partial charge in [-0.25, -0.2) is 14.1 Å². The van der Waals surface area contributed by atoms with Crippen LogP contribution in [-0.4, -0.2) is 30.3 Å². The molecule has 0 aromatic carbocycles. The zero-order valence-corrected chi connectivity index (χ0v) is 12.1. The third kappa shape index (κ3) is 1.98. The Hall–Kier alpha value is -1.76. The number of fused-ring (bicyclic) bond motifs is 1. The molecule has 1 saturated carbocycles. The van der Waals surface area contributed by atoms with E-state index in [4.69, 9.17) is 11.6 Å². The van der Waals surface area contributed by atoms with Crippen LogP contribution in [0.15, 0.2) is 6.20 Å². The summed E-state index contributed by atoms with van der Waals surface area (Å²) in [7, 11) is 1.75. The molecule has 2 aromatic heterocycles. The number of hydrogen-bond acceptors (Lipinski definition) is 4. The number of carbonyl (C=O) groups excluding carboxylic acids is 1. The molecule has 21 heavy (non-hydrogen) atoms. The van der Waals surface area contributed by atoms with Crippen LogP contribution in [0.1, 0.15) is 53.6 Å². The van der Waals surface area contributed by atoms with Crippen LogP contribution in [-0.2, 0) is 7.05 Å². The molecule has 110 valence electrons. The standard InChI is InChI=1S/C13H13ClFN5O/c1-19-5-7(14)10(17-19)9-4-8(15)13-16-12(18-20(9)13)11(21)6-2-3-6/h5-6,8-9H,2-4H2,1H3/t8-,9+/m1/s1. The molecule has 0 N–H and O–H groups in total. The molecular weight excluding hydrogens is 297 g/mol. The van der Waals surface area contributed by atoms with Crippen molar-refractivity contribution in [2.45, 2.75) is 31.5 Å². The molecule has 1 fully saturated rings. The summed E-state index contributed by atoms with van der Waals surface area (Å²) in [5.74, 6) is 0.246. The summed E-state index contributed by atoms with van der Waals surface area (Å²) in [5.41, 5.74) is 0.566. The summed E-state index contributed by atoms with van der Waals surface area (Å²) in [6.07, 6.45) is 2.36. The Bertz CT molecular complexity index is 735. The van der Waals surface area contributed by atoms with Gasteiger partial charge < -0.3 is 0 Å². The van der Waals surface area contributed by atoms with E-state index in [1.807, 2.05) is 0 Å². The third-order valence-corrected chi connectivity index (χ3v) is 4.25. The molecule has 1 aliphatic heterocycles. The maximum absolute atomic E-state index is 14.2. The Labute approximate surface area is 124 Å². The lowest BCUT2D eigenvalue weighted by Crippen LogP contribution is -2.11. The maximum Gasteiger partial charge on any atom is 0.217 e. The Kier molecular flexibility index (Phi) is 2.69. The van der Waals surface area contributed by atoms with Crippen molar-refractivity contribution in [3.8, 4) is 0 Å². The van der Waals surface area contributed by atoms with E-state index in [2.05, 4.69) is 15.2 Å². The normalized spacial score (nSPS) is 24.3. The van der Waals surface area contributed by atoms with E-state index >= 15 is 0 Å². The van der Waals surface area contributed by atoms with Crippen LogP contribution < -0.4 is 0 Å². The molecule has 8 heteroatoms. The monoisotopic (exact) mass is 309 g/mol. The van der Waals surface area contributed by atoms with E-state index in [-0.39, 0.29) is 29.8 Å². The highest BCUT2D eigenvalue weighted by atomic mass is 35.5. The number of hydrogen-bond donors (Lipinski definition) is 0. The van der Waals surface area contributed by atoms with Crippen molar-refractivity contribution in [3.05, 3.63) is 28.6 Å². The van der Waals surface area contributed by atoms with Crippen LogP contribution in [0, 0.1) is 5.92 Å². The zero-order chi connectivity index (χ0) is 14.7.